The lowest BCUT2D eigenvalue weighted by Gasteiger charge is -2.25. The molecule has 2 N–H and O–H groups in total. The first kappa shape index (κ1) is 23.2. The molecule has 1 atom stereocenters. The zero-order valence-corrected chi connectivity index (χ0v) is 19.4. The minimum atomic E-state index is -0.391. The summed E-state index contributed by atoms with van der Waals surface area (Å²) in [4.78, 5) is 28.0. The van der Waals surface area contributed by atoms with Crippen molar-refractivity contribution in [2.75, 3.05) is 25.1 Å². The molecular formula is C27H29N3O4. The lowest BCUT2D eigenvalue weighted by Crippen LogP contribution is -2.37. The molecule has 0 saturated carbocycles. The molecule has 0 spiro atoms. The van der Waals surface area contributed by atoms with Crippen LogP contribution < -0.4 is 20.3 Å². The van der Waals surface area contributed by atoms with Gasteiger partial charge in [0.05, 0.1) is 13.4 Å². The van der Waals surface area contributed by atoms with E-state index in [4.69, 9.17) is 9.15 Å². The highest BCUT2D eigenvalue weighted by Crippen LogP contribution is 2.31. The Balaban J connectivity index is 1.36. The van der Waals surface area contributed by atoms with Crippen molar-refractivity contribution >= 4 is 23.6 Å². The van der Waals surface area contributed by atoms with Gasteiger partial charge in [0.1, 0.15) is 17.2 Å². The molecule has 1 aliphatic rings. The summed E-state index contributed by atoms with van der Waals surface area (Å²) < 4.78 is 10.5. The minimum Gasteiger partial charge on any atom is -0.497 e. The number of amides is 2. The number of para-hydroxylation sites is 1. The van der Waals surface area contributed by atoms with Gasteiger partial charge in [0.2, 0.25) is 0 Å². The fourth-order valence-electron chi connectivity index (χ4n) is 4.13. The van der Waals surface area contributed by atoms with Crippen molar-refractivity contribution in [3.8, 4) is 5.75 Å². The molecular weight excluding hydrogens is 430 g/mol. The number of nitrogens with one attached hydrogen (secondary N) is 2. The lowest BCUT2D eigenvalue weighted by molar-refractivity contribution is -0.117. The normalized spacial score (nSPS) is 15.1. The Morgan fingerprint density at radius 1 is 1.12 bits per heavy atom. The zero-order chi connectivity index (χ0) is 23.9. The number of furan rings is 1. The number of carbonyl (C=O) groups is 2. The van der Waals surface area contributed by atoms with Crippen LogP contribution in [0.1, 0.15) is 35.0 Å². The highest BCUT2D eigenvalue weighted by Gasteiger charge is 2.24. The van der Waals surface area contributed by atoms with Gasteiger partial charge in [0.15, 0.2) is 0 Å². The maximum absolute atomic E-state index is 12.9. The third kappa shape index (κ3) is 5.49. The van der Waals surface area contributed by atoms with E-state index < -0.39 is 5.91 Å². The molecule has 0 radical (unpaired) electrons. The predicted molar refractivity (Wildman–Crippen MR) is 132 cm³/mol. The van der Waals surface area contributed by atoms with Gasteiger partial charge in [0, 0.05) is 36.5 Å². The number of carbonyl (C=O) groups excluding carboxylic acids is 2. The van der Waals surface area contributed by atoms with Crippen LogP contribution in [0.3, 0.4) is 0 Å². The smallest absolute Gasteiger partial charge is 0.267 e. The second kappa shape index (κ2) is 10.7. The van der Waals surface area contributed by atoms with Crippen molar-refractivity contribution in [1.29, 1.82) is 0 Å². The first-order chi connectivity index (χ1) is 16.5. The average molecular weight is 460 g/mol. The maximum Gasteiger partial charge on any atom is 0.267 e. The fraction of sp³-hybridized carbons (Fsp3) is 0.259. The van der Waals surface area contributed by atoms with Crippen molar-refractivity contribution in [2.24, 2.45) is 0 Å². The second-order valence-corrected chi connectivity index (χ2v) is 8.24. The molecule has 0 aliphatic carbocycles. The summed E-state index contributed by atoms with van der Waals surface area (Å²) in [6.45, 7) is 3.55. The number of rotatable bonds is 9. The van der Waals surface area contributed by atoms with Crippen molar-refractivity contribution in [3.05, 3.63) is 89.5 Å². The molecule has 1 aliphatic heterocycles. The van der Waals surface area contributed by atoms with Gasteiger partial charge in [-0.15, -0.1) is 0 Å². The quantitative estimate of drug-likeness (QED) is 0.373. The first-order valence-electron chi connectivity index (χ1n) is 11.4. The molecule has 34 heavy (non-hydrogen) atoms. The van der Waals surface area contributed by atoms with Crippen LogP contribution in [0, 0.1) is 0 Å². The summed E-state index contributed by atoms with van der Waals surface area (Å²) in [5, 5.41) is 5.63. The third-order valence-electron chi connectivity index (χ3n) is 5.88. The molecule has 7 heteroatoms. The molecule has 3 aromatic rings. The van der Waals surface area contributed by atoms with E-state index in [-0.39, 0.29) is 11.6 Å². The number of ether oxygens (including phenoxy) is 1. The molecule has 4 rings (SSSR count). The Hall–Kier alpha value is -4.00. The van der Waals surface area contributed by atoms with Crippen molar-refractivity contribution in [3.63, 3.8) is 0 Å². The van der Waals surface area contributed by atoms with E-state index in [0.717, 1.165) is 19.4 Å². The molecule has 0 fully saturated rings. The molecule has 2 aromatic carbocycles. The van der Waals surface area contributed by atoms with Crippen LogP contribution in [0.25, 0.3) is 6.08 Å². The van der Waals surface area contributed by atoms with E-state index in [9.17, 15) is 9.59 Å². The van der Waals surface area contributed by atoms with Crippen LogP contribution in [0.15, 0.2) is 77.0 Å². The van der Waals surface area contributed by atoms with E-state index in [1.807, 2.05) is 0 Å². The molecule has 7 nitrogen and oxygen atoms in total. The highest BCUT2D eigenvalue weighted by molar-refractivity contribution is 6.05. The van der Waals surface area contributed by atoms with Gasteiger partial charge in [-0.1, -0.05) is 18.2 Å². The van der Waals surface area contributed by atoms with E-state index in [1.54, 1.807) is 43.5 Å². The number of anilines is 1. The summed E-state index contributed by atoms with van der Waals surface area (Å²) in [5.41, 5.74) is 3.17. The Bertz CT molecular complexity index is 1150. The van der Waals surface area contributed by atoms with Crippen LogP contribution in [-0.2, 0) is 11.2 Å². The minimum absolute atomic E-state index is 0.121. The fourth-order valence-corrected chi connectivity index (χ4v) is 4.13. The van der Waals surface area contributed by atoms with Gasteiger partial charge in [-0.05, 0) is 67.8 Å². The molecule has 176 valence electrons. The number of fused-ring (bicyclic) bond motifs is 1. The Labute approximate surface area is 199 Å². The number of hydrogen-bond donors (Lipinski definition) is 2. The number of hydrogen-bond acceptors (Lipinski definition) is 5. The number of methoxy groups -OCH3 is 1. The van der Waals surface area contributed by atoms with E-state index in [1.165, 1.54) is 23.6 Å². The van der Waals surface area contributed by atoms with Gasteiger partial charge >= 0.3 is 0 Å². The Morgan fingerprint density at radius 3 is 2.65 bits per heavy atom. The molecule has 0 saturated heterocycles. The Morgan fingerprint density at radius 2 is 1.91 bits per heavy atom. The van der Waals surface area contributed by atoms with Crippen molar-refractivity contribution in [1.82, 2.24) is 10.6 Å². The van der Waals surface area contributed by atoms with Gasteiger partial charge in [0.25, 0.3) is 11.8 Å². The number of benzene rings is 2. The van der Waals surface area contributed by atoms with Crippen molar-refractivity contribution < 1.29 is 18.7 Å². The van der Waals surface area contributed by atoms with Crippen LogP contribution >= 0.6 is 0 Å². The van der Waals surface area contributed by atoms with Crippen LogP contribution in [0.5, 0.6) is 5.75 Å². The summed E-state index contributed by atoms with van der Waals surface area (Å²) >= 11 is 0. The summed E-state index contributed by atoms with van der Waals surface area (Å²) in [7, 11) is 1.56. The standard InChI is InChI=1S/C27H29N3O4/c1-19-17-21-7-3-4-9-25(21)30(19)15-6-14-28-27(32)24(18-23-8-5-16-34-23)29-26(31)20-10-12-22(33-2)13-11-20/h3-5,7-13,16,18-19H,6,14-15,17H2,1-2H3,(H,28,32)(H,29,31)/b24-18-/t19-/m0/s1. The predicted octanol–water partition coefficient (Wildman–Crippen LogP) is 4.02. The Kier molecular flexibility index (Phi) is 7.32. The molecule has 2 amide bonds. The molecule has 2 heterocycles. The topological polar surface area (TPSA) is 83.8 Å². The maximum atomic E-state index is 12.9. The largest absolute Gasteiger partial charge is 0.497 e. The molecule has 1 aromatic heterocycles. The second-order valence-electron chi connectivity index (χ2n) is 8.24. The van der Waals surface area contributed by atoms with Crippen LogP contribution in [0.2, 0.25) is 0 Å². The number of nitrogens with zero attached hydrogens (tertiary/aromatic N) is 1. The van der Waals surface area contributed by atoms with E-state index >= 15 is 0 Å². The van der Waals surface area contributed by atoms with Crippen LogP contribution in [-0.4, -0.2) is 38.1 Å². The third-order valence-corrected chi connectivity index (χ3v) is 5.88. The van der Waals surface area contributed by atoms with E-state index in [2.05, 4.69) is 46.7 Å². The van der Waals surface area contributed by atoms with Crippen LogP contribution in [0.4, 0.5) is 5.69 Å². The molecule has 0 unspecified atom stereocenters. The zero-order valence-electron chi connectivity index (χ0n) is 19.4. The first-order valence-corrected chi connectivity index (χ1v) is 11.4. The van der Waals surface area contributed by atoms with E-state index in [0.29, 0.717) is 29.7 Å². The van der Waals surface area contributed by atoms with Crippen molar-refractivity contribution in [2.45, 2.75) is 25.8 Å². The van der Waals surface area contributed by atoms with Gasteiger partial charge in [-0.3, -0.25) is 9.59 Å². The highest BCUT2D eigenvalue weighted by atomic mass is 16.5. The summed E-state index contributed by atoms with van der Waals surface area (Å²) in [6.07, 6.45) is 4.86. The van der Waals surface area contributed by atoms with Gasteiger partial charge in [-0.25, -0.2) is 0 Å². The molecule has 0 bridgehead atoms. The monoisotopic (exact) mass is 459 g/mol. The SMILES string of the molecule is COc1ccc(C(=O)N/C(=C\c2ccco2)C(=O)NCCCN2c3ccccc3C[C@@H]2C)cc1. The summed E-state index contributed by atoms with van der Waals surface area (Å²) in [5.74, 6) is 0.365. The van der Waals surface area contributed by atoms with Gasteiger partial charge in [-0.2, -0.15) is 0 Å². The average Bonchev–Trinajstić information content (AvgIpc) is 3.48. The summed E-state index contributed by atoms with van der Waals surface area (Å²) in [6, 6.07) is 19.0. The lowest BCUT2D eigenvalue weighted by atomic mass is 10.1. The van der Waals surface area contributed by atoms with Gasteiger partial charge < -0.3 is 24.7 Å².